The van der Waals surface area contributed by atoms with Crippen molar-refractivity contribution in [1.29, 1.82) is 0 Å². The first kappa shape index (κ1) is 11.5. The van der Waals surface area contributed by atoms with Gasteiger partial charge in [-0.3, -0.25) is 0 Å². The van der Waals surface area contributed by atoms with Crippen LogP contribution in [0.5, 0.6) is 0 Å². The van der Waals surface area contributed by atoms with Crippen LogP contribution in [0.2, 0.25) is 5.15 Å². The van der Waals surface area contributed by atoms with Crippen molar-refractivity contribution >= 4 is 40.9 Å². The van der Waals surface area contributed by atoms with Crippen molar-refractivity contribution in [2.75, 3.05) is 18.1 Å². The summed E-state index contributed by atoms with van der Waals surface area (Å²) in [7, 11) is 0. The van der Waals surface area contributed by atoms with Crippen molar-refractivity contribution in [2.24, 2.45) is 0 Å². The molecule has 0 unspecified atom stereocenters. The Morgan fingerprint density at radius 2 is 2.20 bits per heavy atom. The lowest BCUT2D eigenvalue weighted by Crippen LogP contribution is -2.30. The van der Waals surface area contributed by atoms with Gasteiger partial charge in [0.25, 0.3) is 0 Å². The summed E-state index contributed by atoms with van der Waals surface area (Å²) in [5, 5.41) is 3.81. The molecule has 0 bridgehead atoms. The zero-order chi connectivity index (χ0) is 10.7. The number of anilines is 1. The SMILES string of the molecule is CSC1(CNc2nsnc2Cl)CCCC1. The van der Waals surface area contributed by atoms with Crippen molar-refractivity contribution in [3.63, 3.8) is 0 Å². The number of hydrogen-bond donors (Lipinski definition) is 1. The summed E-state index contributed by atoms with van der Waals surface area (Å²) in [6.45, 7) is 0.944. The lowest BCUT2D eigenvalue weighted by atomic mass is 10.1. The number of halogens is 1. The highest BCUT2D eigenvalue weighted by Crippen LogP contribution is 2.40. The maximum Gasteiger partial charge on any atom is 0.186 e. The maximum atomic E-state index is 5.88. The van der Waals surface area contributed by atoms with E-state index in [-0.39, 0.29) is 0 Å². The van der Waals surface area contributed by atoms with Crippen LogP contribution < -0.4 is 5.32 Å². The van der Waals surface area contributed by atoms with Gasteiger partial charge in [-0.1, -0.05) is 24.4 Å². The van der Waals surface area contributed by atoms with E-state index >= 15 is 0 Å². The molecule has 1 aliphatic rings. The molecule has 0 atom stereocenters. The highest BCUT2D eigenvalue weighted by Gasteiger charge is 2.32. The topological polar surface area (TPSA) is 37.8 Å². The molecular weight excluding hydrogens is 250 g/mol. The van der Waals surface area contributed by atoms with Gasteiger partial charge < -0.3 is 5.32 Å². The van der Waals surface area contributed by atoms with Gasteiger partial charge in [0.15, 0.2) is 11.0 Å². The molecule has 6 heteroatoms. The van der Waals surface area contributed by atoms with Gasteiger partial charge in [-0.05, 0) is 19.1 Å². The largest absolute Gasteiger partial charge is 0.365 e. The number of rotatable bonds is 4. The summed E-state index contributed by atoms with van der Waals surface area (Å²) < 4.78 is 8.44. The molecule has 0 aliphatic heterocycles. The van der Waals surface area contributed by atoms with Crippen LogP contribution in [0.25, 0.3) is 0 Å². The van der Waals surface area contributed by atoms with Crippen LogP contribution in [0.15, 0.2) is 0 Å². The van der Waals surface area contributed by atoms with Gasteiger partial charge in [0.2, 0.25) is 0 Å². The summed E-state index contributed by atoms with van der Waals surface area (Å²) in [6.07, 6.45) is 7.44. The first-order chi connectivity index (χ1) is 7.26. The van der Waals surface area contributed by atoms with Gasteiger partial charge in [-0.15, -0.1) is 0 Å². The van der Waals surface area contributed by atoms with Crippen LogP contribution in [0.3, 0.4) is 0 Å². The predicted molar refractivity (Wildman–Crippen MR) is 68.1 cm³/mol. The summed E-state index contributed by atoms with van der Waals surface area (Å²) in [6, 6.07) is 0. The molecule has 1 heterocycles. The fourth-order valence-electron chi connectivity index (χ4n) is 2.00. The summed E-state index contributed by atoms with van der Waals surface area (Å²) in [5.41, 5.74) is 0. The van der Waals surface area contributed by atoms with Crippen molar-refractivity contribution in [2.45, 2.75) is 30.4 Å². The molecular formula is C9H14ClN3S2. The Morgan fingerprint density at radius 3 is 2.73 bits per heavy atom. The third kappa shape index (κ3) is 2.57. The van der Waals surface area contributed by atoms with Gasteiger partial charge in [0, 0.05) is 11.3 Å². The van der Waals surface area contributed by atoms with Crippen LogP contribution in [0.1, 0.15) is 25.7 Å². The first-order valence-electron chi connectivity index (χ1n) is 5.03. The average molecular weight is 264 g/mol. The van der Waals surface area contributed by atoms with E-state index < -0.39 is 0 Å². The van der Waals surface area contributed by atoms with Crippen molar-refractivity contribution < 1.29 is 0 Å². The van der Waals surface area contributed by atoms with Crippen LogP contribution in [-0.4, -0.2) is 26.3 Å². The third-order valence-corrected chi connectivity index (χ3v) is 5.29. The van der Waals surface area contributed by atoms with E-state index in [4.69, 9.17) is 11.6 Å². The van der Waals surface area contributed by atoms with Crippen LogP contribution >= 0.6 is 35.1 Å². The number of aromatic nitrogens is 2. The smallest absolute Gasteiger partial charge is 0.186 e. The minimum absolute atomic E-state index is 0.382. The molecule has 1 saturated carbocycles. The molecule has 0 radical (unpaired) electrons. The Kier molecular flexibility index (Phi) is 3.74. The van der Waals surface area contributed by atoms with Crippen molar-refractivity contribution in [3.8, 4) is 0 Å². The third-order valence-electron chi connectivity index (χ3n) is 2.97. The minimum Gasteiger partial charge on any atom is -0.365 e. The normalized spacial score (nSPS) is 19.3. The summed E-state index contributed by atoms with van der Waals surface area (Å²) >= 11 is 8.99. The van der Waals surface area contributed by atoms with Gasteiger partial charge in [-0.25, -0.2) is 0 Å². The van der Waals surface area contributed by atoms with Crippen molar-refractivity contribution in [3.05, 3.63) is 5.15 Å². The molecule has 1 fully saturated rings. The highest BCUT2D eigenvalue weighted by molar-refractivity contribution is 8.00. The molecule has 1 N–H and O–H groups in total. The average Bonchev–Trinajstić information content (AvgIpc) is 2.85. The fourth-order valence-corrected chi connectivity index (χ4v) is 3.60. The molecule has 0 aromatic carbocycles. The van der Waals surface area contributed by atoms with Gasteiger partial charge in [0.05, 0.1) is 11.7 Å². The van der Waals surface area contributed by atoms with E-state index in [1.807, 2.05) is 11.8 Å². The standard InChI is InChI=1S/C9H14ClN3S2/c1-14-9(4-2-3-5-9)6-11-8-7(10)12-15-13-8/h2-6H2,1H3,(H,11,13). The molecule has 3 nitrogen and oxygen atoms in total. The van der Waals surface area contributed by atoms with E-state index in [0.717, 1.165) is 24.1 Å². The molecule has 1 aromatic rings. The van der Waals surface area contributed by atoms with Gasteiger partial charge >= 0.3 is 0 Å². The van der Waals surface area contributed by atoms with Gasteiger partial charge in [-0.2, -0.15) is 20.5 Å². The Morgan fingerprint density at radius 1 is 1.47 bits per heavy atom. The molecule has 0 amide bonds. The summed E-state index contributed by atoms with van der Waals surface area (Å²) in [5.74, 6) is 0.738. The quantitative estimate of drug-likeness (QED) is 0.905. The first-order valence-corrected chi connectivity index (χ1v) is 7.36. The van der Waals surface area contributed by atoms with Crippen LogP contribution in [-0.2, 0) is 0 Å². The van der Waals surface area contributed by atoms with Gasteiger partial charge in [0.1, 0.15) is 0 Å². The highest BCUT2D eigenvalue weighted by atomic mass is 35.5. The van der Waals surface area contributed by atoms with E-state index in [2.05, 4.69) is 20.3 Å². The Bertz CT molecular complexity index is 323. The monoisotopic (exact) mass is 263 g/mol. The molecule has 15 heavy (non-hydrogen) atoms. The number of nitrogens with zero attached hydrogens (tertiary/aromatic N) is 2. The van der Waals surface area contributed by atoms with Crippen LogP contribution in [0, 0.1) is 0 Å². The van der Waals surface area contributed by atoms with Crippen molar-refractivity contribution in [1.82, 2.24) is 8.75 Å². The Balaban J connectivity index is 1.94. The second kappa shape index (κ2) is 4.89. The maximum absolute atomic E-state index is 5.88. The zero-order valence-electron chi connectivity index (χ0n) is 8.62. The van der Waals surface area contributed by atoms with Crippen LogP contribution in [0.4, 0.5) is 5.82 Å². The van der Waals surface area contributed by atoms with E-state index in [1.165, 1.54) is 25.7 Å². The second-order valence-corrected chi connectivity index (χ2v) is 6.01. The molecule has 1 aromatic heterocycles. The zero-order valence-corrected chi connectivity index (χ0v) is 11.0. The summed E-state index contributed by atoms with van der Waals surface area (Å²) in [4.78, 5) is 0. The molecule has 2 rings (SSSR count). The van der Waals surface area contributed by atoms with E-state index in [9.17, 15) is 0 Å². The predicted octanol–water partition coefficient (Wildman–Crippen LogP) is 3.28. The number of hydrogen-bond acceptors (Lipinski definition) is 5. The lowest BCUT2D eigenvalue weighted by molar-refractivity contribution is 0.639. The molecule has 0 spiro atoms. The van der Waals surface area contributed by atoms with E-state index in [0.29, 0.717) is 9.90 Å². The Labute approximate surface area is 103 Å². The number of thioether (sulfide) groups is 1. The fraction of sp³-hybridized carbons (Fsp3) is 0.778. The lowest BCUT2D eigenvalue weighted by Gasteiger charge is -2.26. The Hall–Kier alpha value is -0.0000000000000000555. The minimum atomic E-state index is 0.382. The molecule has 84 valence electrons. The second-order valence-electron chi connectivity index (χ2n) is 3.85. The van der Waals surface area contributed by atoms with E-state index in [1.54, 1.807) is 0 Å². The number of nitrogens with one attached hydrogen (secondary N) is 1. The molecule has 1 aliphatic carbocycles. The molecule has 0 saturated heterocycles.